The average molecular weight is 444 g/mol. The minimum Gasteiger partial charge on any atom is -0.312 e. The zero-order valence-electron chi connectivity index (χ0n) is 17.2. The lowest BCUT2D eigenvalue weighted by Gasteiger charge is -2.22. The van der Waals surface area contributed by atoms with E-state index >= 15 is 0 Å². The van der Waals surface area contributed by atoms with E-state index < -0.39 is 14.9 Å². The van der Waals surface area contributed by atoms with E-state index in [2.05, 4.69) is 4.72 Å². The number of anilines is 1. The minimum atomic E-state index is -3.59. The van der Waals surface area contributed by atoms with Gasteiger partial charge in [-0.1, -0.05) is 19.3 Å². The molecule has 0 bridgehead atoms. The van der Waals surface area contributed by atoms with Crippen LogP contribution in [0.4, 0.5) is 11.4 Å². The standard InChI is InChI=1S/C22H25N3O5S/c1-24(22(26)16-9-17-7-10-20(11-8-17)25(27)28)19-12-14-21(15-13-19)31(29,30)23-18-5-3-2-4-6-18/h7-16,18,23H,2-6H2,1H3/b16-9+. The van der Waals surface area contributed by atoms with Crippen LogP contribution in [0, 0.1) is 10.1 Å². The number of rotatable bonds is 7. The van der Waals surface area contributed by atoms with Gasteiger partial charge in [0.05, 0.1) is 9.82 Å². The number of hydrogen-bond donors (Lipinski definition) is 1. The SMILES string of the molecule is CN(C(=O)/C=C/c1ccc([N+](=O)[O-])cc1)c1ccc(S(=O)(=O)NC2CCCCC2)cc1. The van der Waals surface area contributed by atoms with Gasteiger partial charge < -0.3 is 4.90 Å². The summed E-state index contributed by atoms with van der Waals surface area (Å²) in [5, 5.41) is 10.7. The van der Waals surface area contributed by atoms with E-state index in [1.54, 1.807) is 37.4 Å². The minimum absolute atomic E-state index is 0.0198. The molecule has 0 aromatic heterocycles. The molecular weight excluding hydrogens is 418 g/mol. The summed E-state index contributed by atoms with van der Waals surface area (Å²) in [4.78, 5) is 24.2. The first kappa shape index (κ1) is 22.6. The molecule has 1 N–H and O–H groups in total. The molecule has 1 amide bonds. The molecule has 164 valence electrons. The highest BCUT2D eigenvalue weighted by Gasteiger charge is 2.22. The van der Waals surface area contributed by atoms with Gasteiger partial charge in [-0.05, 0) is 60.9 Å². The van der Waals surface area contributed by atoms with Crippen LogP contribution >= 0.6 is 0 Å². The molecular formula is C22H25N3O5S. The molecule has 0 unspecified atom stereocenters. The zero-order chi connectivity index (χ0) is 22.4. The largest absolute Gasteiger partial charge is 0.312 e. The van der Waals surface area contributed by atoms with E-state index in [4.69, 9.17) is 0 Å². The zero-order valence-corrected chi connectivity index (χ0v) is 18.0. The molecule has 0 spiro atoms. The van der Waals surface area contributed by atoms with Gasteiger partial charge in [0.15, 0.2) is 0 Å². The van der Waals surface area contributed by atoms with E-state index in [0.29, 0.717) is 11.3 Å². The number of sulfonamides is 1. The first-order valence-electron chi connectivity index (χ1n) is 10.1. The predicted molar refractivity (Wildman–Crippen MR) is 119 cm³/mol. The lowest BCUT2D eigenvalue weighted by atomic mass is 9.96. The Bertz CT molecular complexity index is 1060. The molecule has 1 aliphatic rings. The summed E-state index contributed by atoms with van der Waals surface area (Å²) in [5.41, 5.74) is 1.19. The number of nitro benzene ring substituents is 1. The molecule has 0 aliphatic heterocycles. The summed E-state index contributed by atoms with van der Waals surface area (Å²) in [6, 6.07) is 12.0. The summed E-state index contributed by atoms with van der Waals surface area (Å²) >= 11 is 0. The molecule has 2 aromatic carbocycles. The van der Waals surface area contributed by atoms with Crippen LogP contribution in [0.15, 0.2) is 59.5 Å². The quantitative estimate of drug-likeness (QED) is 0.397. The predicted octanol–water partition coefficient (Wildman–Crippen LogP) is 3.88. The second kappa shape index (κ2) is 9.84. The lowest BCUT2D eigenvalue weighted by Crippen LogP contribution is -2.36. The Kier molecular flexibility index (Phi) is 7.19. The van der Waals surface area contributed by atoms with Crippen molar-refractivity contribution in [3.8, 4) is 0 Å². The third-order valence-electron chi connectivity index (χ3n) is 5.31. The fraction of sp³-hybridized carbons (Fsp3) is 0.318. The Morgan fingerprint density at radius 2 is 1.68 bits per heavy atom. The van der Waals surface area contributed by atoms with Crippen molar-refractivity contribution >= 4 is 33.4 Å². The van der Waals surface area contributed by atoms with Crippen LogP contribution in [0.1, 0.15) is 37.7 Å². The van der Waals surface area contributed by atoms with Crippen molar-refractivity contribution in [1.29, 1.82) is 0 Å². The van der Waals surface area contributed by atoms with Gasteiger partial charge in [-0.2, -0.15) is 0 Å². The fourth-order valence-corrected chi connectivity index (χ4v) is 4.78. The first-order chi connectivity index (χ1) is 14.8. The molecule has 31 heavy (non-hydrogen) atoms. The van der Waals surface area contributed by atoms with E-state index in [1.807, 2.05) is 0 Å². The van der Waals surface area contributed by atoms with E-state index in [0.717, 1.165) is 32.1 Å². The maximum Gasteiger partial charge on any atom is 0.269 e. The molecule has 1 fully saturated rings. The number of hydrogen-bond acceptors (Lipinski definition) is 5. The Hall–Kier alpha value is -3.04. The molecule has 3 rings (SSSR count). The van der Waals surface area contributed by atoms with Crippen LogP contribution in [-0.2, 0) is 14.8 Å². The number of non-ortho nitro benzene ring substituents is 1. The first-order valence-corrected chi connectivity index (χ1v) is 11.6. The van der Waals surface area contributed by atoms with Crippen LogP contribution in [0.25, 0.3) is 6.08 Å². The highest BCUT2D eigenvalue weighted by Crippen LogP contribution is 2.22. The van der Waals surface area contributed by atoms with Gasteiger partial charge in [0, 0.05) is 37.0 Å². The number of carbonyl (C=O) groups excluding carboxylic acids is 1. The second-order valence-electron chi connectivity index (χ2n) is 7.53. The third-order valence-corrected chi connectivity index (χ3v) is 6.85. The Balaban J connectivity index is 1.64. The van der Waals surface area contributed by atoms with Crippen LogP contribution in [-0.4, -0.2) is 32.3 Å². The normalized spacial score (nSPS) is 15.1. The maximum absolute atomic E-state index is 12.6. The highest BCUT2D eigenvalue weighted by molar-refractivity contribution is 7.89. The smallest absolute Gasteiger partial charge is 0.269 e. The Morgan fingerprint density at radius 1 is 1.06 bits per heavy atom. The number of benzene rings is 2. The van der Waals surface area contributed by atoms with Crippen molar-refractivity contribution in [2.75, 3.05) is 11.9 Å². The van der Waals surface area contributed by atoms with Crippen LogP contribution in [0.5, 0.6) is 0 Å². The summed E-state index contributed by atoms with van der Waals surface area (Å²) < 4.78 is 28.0. The number of nitrogens with zero attached hydrogens (tertiary/aromatic N) is 2. The maximum atomic E-state index is 12.6. The van der Waals surface area contributed by atoms with Crippen molar-refractivity contribution in [3.63, 3.8) is 0 Å². The van der Waals surface area contributed by atoms with Crippen molar-refractivity contribution < 1.29 is 18.1 Å². The molecule has 0 heterocycles. The summed E-state index contributed by atoms with van der Waals surface area (Å²) in [7, 11) is -2.00. The monoisotopic (exact) mass is 443 g/mol. The van der Waals surface area contributed by atoms with Gasteiger partial charge in [-0.15, -0.1) is 0 Å². The lowest BCUT2D eigenvalue weighted by molar-refractivity contribution is -0.384. The summed E-state index contributed by atoms with van der Waals surface area (Å²) in [6.45, 7) is 0. The molecule has 0 radical (unpaired) electrons. The van der Waals surface area contributed by atoms with Gasteiger partial charge in [-0.3, -0.25) is 14.9 Å². The number of amides is 1. The van der Waals surface area contributed by atoms with Crippen molar-refractivity contribution in [2.24, 2.45) is 0 Å². The van der Waals surface area contributed by atoms with Gasteiger partial charge in [0.1, 0.15) is 0 Å². The highest BCUT2D eigenvalue weighted by atomic mass is 32.2. The Labute approximate surface area is 181 Å². The van der Waals surface area contributed by atoms with Crippen molar-refractivity contribution in [1.82, 2.24) is 4.72 Å². The number of carbonyl (C=O) groups is 1. The number of nitro groups is 1. The van der Waals surface area contributed by atoms with Crippen LogP contribution in [0.2, 0.25) is 0 Å². The number of likely N-dealkylation sites (N-methyl/N-ethyl adjacent to an activating group) is 1. The molecule has 8 nitrogen and oxygen atoms in total. The van der Waals surface area contributed by atoms with Crippen LogP contribution < -0.4 is 9.62 Å². The van der Waals surface area contributed by atoms with E-state index in [1.165, 1.54) is 35.2 Å². The molecule has 0 saturated heterocycles. The van der Waals surface area contributed by atoms with Gasteiger partial charge >= 0.3 is 0 Å². The molecule has 1 saturated carbocycles. The fourth-order valence-electron chi connectivity index (χ4n) is 3.47. The van der Waals surface area contributed by atoms with Gasteiger partial charge in [0.2, 0.25) is 10.0 Å². The molecule has 2 aromatic rings. The van der Waals surface area contributed by atoms with E-state index in [9.17, 15) is 23.3 Å². The Morgan fingerprint density at radius 3 is 2.26 bits per heavy atom. The van der Waals surface area contributed by atoms with Crippen molar-refractivity contribution in [2.45, 2.75) is 43.0 Å². The number of nitrogens with one attached hydrogen (secondary N) is 1. The topological polar surface area (TPSA) is 110 Å². The van der Waals surface area contributed by atoms with Crippen molar-refractivity contribution in [3.05, 3.63) is 70.3 Å². The second-order valence-corrected chi connectivity index (χ2v) is 9.24. The molecule has 0 atom stereocenters. The van der Waals surface area contributed by atoms with Gasteiger partial charge in [0.25, 0.3) is 11.6 Å². The summed E-state index contributed by atoms with van der Waals surface area (Å²) in [5.74, 6) is -0.311. The van der Waals surface area contributed by atoms with Gasteiger partial charge in [-0.25, -0.2) is 13.1 Å². The molecule has 1 aliphatic carbocycles. The average Bonchev–Trinajstić information content (AvgIpc) is 2.77. The third kappa shape index (κ3) is 5.99. The van der Waals surface area contributed by atoms with Crippen LogP contribution in [0.3, 0.4) is 0 Å². The van der Waals surface area contributed by atoms with E-state index in [-0.39, 0.29) is 22.5 Å². The summed E-state index contributed by atoms with van der Waals surface area (Å²) in [6.07, 6.45) is 7.85. The molecule has 9 heteroatoms.